The molecule has 0 atom stereocenters. The minimum absolute atomic E-state index is 0.0869. The molecule has 2 aromatic rings. The first-order chi connectivity index (χ1) is 8.49. The standard InChI is InChI=1S/C13H10FNO3/c14-8-2-4-12(16)9(6-8)7-1-3-11(15)10(5-7)13(17)18/h1-6,16H,15H2,(H,17,18). The fourth-order valence-corrected chi connectivity index (χ4v) is 1.65. The van der Waals surface area contributed by atoms with Crippen LogP contribution in [0.3, 0.4) is 0 Å². The second-order valence-corrected chi connectivity index (χ2v) is 3.77. The number of benzene rings is 2. The molecule has 4 nitrogen and oxygen atoms in total. The van der Waals surface area contributed by atoms with Crippen LogP contribution < -0.4 is 5.73 Å². The molecular formula is C13H10FNO3. The molecule has 0 saturated carbocycles. The number of aromatic hydroxyl groups is 1. The fourth-order valence-electron chi connectivity index (χ4n) is 1.65. The number of phenols is 1. The number of nitrogen functional groups attached to an aromatic ring is 1. The lowest BCUT2D eigenvalue weighted by Gasteiger charge is -2.07. The summed E-state index contributed by atoms with van der Waals surface area (Å²) in [5.74, 6) is -1.82. The summed E-state index contributed by atoms with van der Waals surface area (Å²) in [5.41, 5.74) is 6.15. The summed E-state index contributed by atoms with van der Waals surface area (Å²) in [5, 5.41) is 18.6. The van der Waals surface area contributed by atoms with Gasteiger partial charge >= 0.3 is 5.97 Å². The Bertz CT molecular complexity index is 626. The van der Waals surface area contributed by atoms with Crippen molar-refractivity contribution in [2.24, 2.45) is 0 Å². The van der Waals surface area contributed by atoms with Crippen LogP contribution in [0.2, 0.25) is 0 Å². The third-order valence-corrected chi connectivity index (χ3v) is 2.55. The molecular weight excluding hydrogens is 237 g/mol. The first-order valence-corrected chi connectivity index (χ1v) is 5.11. The van der Waals surface area contributed by atoms with Crippen LogP contribution in [0, 0.1) is 5.82 Å². The number of hydrogen-bond donors (Lipinski definition) is 3. The molecule has 0 spiro atoms. The molecule has 0 radical (unpaired) electrons. The number of halogens is 1. The van der Waals surface area contributed by atoms with E-state index in [4.69, 9.17) is 10.8 Å². The van der Waals surface area contributed by atoms with Crippen LogP contribution in [0.1, 0.15) is 10.4 Å². The van der Waals surface area contributed by atoms with E-state index in [1.807, 2.05) is 0 Å². The summed E-state index contributed by atoms with van der Waals surface area (Å²) < 4.78 is 13.1. The van der Waals surface area contributed by atoms with Crippen LogP contribution >= 0.6 is 0 Å². The van der Waals surface area contributed by atoms with Crippen molar-refractivity contribution in [1.29, 1.82) is 0 Å². The Morgan fingerprint density at radius 2 is 1.89 bits per heavy atom. The van der Waals surface area contributed by atoms with Crippen LogP contribution in [0.15, 0.2) is 36.4 Å². The number of hydrogen-bond acceptors (Lipinski definition) is 3. The maximum absolute atomic E-state index is 13.1. The van der Waals surface area contributed by atoms with Gasteiger partial charge in [0.2, 0.25) is 0 Å². The number of aromatic carboxylic acids is 1. The number of phenolic OH excluding ortho intramolecular Hbond substituents is 1. The van der Waals surface area contributed by atoms with Gasteiger partial charge in [-0.1, -0.05) is 6.07 Å². The van der Waals surface area contributed by atoms with Crippen molar-refractivity contribution < 1.29 is 19.4 Å². The van der Waals surface area contributed by atoms with Crippen LogP contribution in [0.25, 0.3) is 11.1 Å². The van der Waals surface area contributed by atoms with Crippen molar-refractivity contribution in [3.05, 3.63) is 47.8 Å². The normalized spacial score (nSPS) is 10.3. The highest BCUT2D eigenvalue weighted by Crippen LogP contribution is 2.31. The van der Waals surface area contributed by atoms with E-state index in [0.29, 0.717) is 5.56 Å². The second-order valence-electron chi connectivity index (χ2n) is 3.77. The van der Waals surface area contributed by atoms with Gasteiger partial charge in [0.1, 0.15) is 11.6 Å². The highest BCUT2D eigenvalue weighted by molar-refractivity contribution is 5.95. The molecule has 0 aliphatic rings. The molecule has 2 aromatic carbocycles. The van der Waals surface area contributed by atoms with Gasteiger partial charge in [-0.2, -0.15) is 0 Å². The molecule has 18 heavy (non-hydrogen) atoms. The number of carboxylic acid groups (broad SMARTS) is 1. The van der Waals surface area contributed by atoms with Gasteiger partial charge < -0.3 is 15.9 Å². The molecule has 2 rings (SSSR count). The minimum Gasteiger partial charge on any atom is -0.507 e. The average Bonchev–Trinajstić information content (AvgIpc) is 2.33. The fraction of sp³-hybridized carbons (Fsp3) is 0. The van der Waals surface area contributed by atoms with E-state index in [2.05, 4.69) is 0 Å². The molecule has 0 bridgehead atoms. The van der Waals surface area contributed by atoms with Crippen LogP contribution in [-0.2, 0) is 0 Å². The molecule has 5 heteroatoms. The highest BCUT2D eigenvalue weighted by Gasteiger charge is 2.12. The first kappa shape index (κ1) is 11.9. The first-order valence-electron chi connectivity index (χ1n) is 5.11. The molecule has 0 heterocycles. The van der Waals surface area contributed by atoms with E-state index < -0.39 is 11.8 Å². The van der Waals surface area contributed by atoms with E-state index in [0.717, 1.165) is 12.1 Å². The Morgan fingerprint density at radius 3 is 2.56 bits per heavy atom. The maximum Gasteiger partial charge on any atom is 0.337 e. The van der Waals surface area contributed by atoms with E-state index in [-0.39, 0.29) is 22.6 Å². The van der Waals surface area contributed by atoms with Crippen molar-refractivity contribution in [1.82, 2.24) is 0 Å². The Hall–Kier alpha value is -2.56. The SMILES string of the molecule is Nc1ccc(-c2cc(F)ccc2O)cc1C(=O)O. The zero-order chi connectivity index (χ0) is 13.3. The number of nitrogens with two attached hydrogens (primary N) is 1. The molecule has 4 N–H and O–H groups in total. The van der Waals surface area contributed by atoms with Gasteiger partial charge in [0, 0.05) is 11.3 Å². The van der Waals surface area contributed by atoms with Gasteiger partial charge in [0.05, 0.1) is 5.56 Å². The van der Waals surface area contributed by atoms with Crippen LogP contribution in [0.4, 0.5) is 10.1 Å². The molecule has 0 aliphatic heterocycles. The summed E-state index contributed by atoms with van der Waals surface area (Å²) >= 11 is 0. The third-order valence-electron chi connectivity index (χ3n) is 2.55. The molecule has 0 aromatic heterocycles. The molecule has 0 saturated heterocycles. The molecule has 92 valence electrons. The quantitative estimate of drug-likeness (QED) is 0.712. The summed E-state index contributed by atoms with van der Waals surface area (Å²) in [6.07, 6.45) is 0. The predicted octanol–water partition coefficient (Wildman–Crippen LogP) is 2.48. The lowest BCUT2D eigenvalue weighted by atomic mass is 10.0. The zero-order valence-corrected chi connectivity index (χ0v) is 9.22. The van der Waals surface area contributed by atoms with E-state index in [9.17, 15) is 14.3 Å². The summed E-state index contributed by atoms with van der Waals surface area (Å²) in [6.45, 7) is 0. The maximum atomic E-state index is 13.1. The minimum atomic E-state index is -1.18. The monoisotopic (exact) mass is 247 g/mol. The summed E-state index contributed by atoms with van der Waals surface area (Å²) in [6, 6.07) is 7.69. The molecule has 0 aliphatic carbocycles. The Morgan fingerprint density at radius 1 is 1.17 bits per heavy atom. The van der Waals surface area contributed by atoms with Gasteiger partial charge in [-0.15, -0.1) is 0 Å². The van der Waals surface area contributed by atoms with Crippen LogP contribution in [-0.4, -0.2) is 16.2 Å². The molecule has 0 unspecified atom stereocenters. The van der Waals surface area contributed by atoms with Gasteiger partial charge in [0.25, 0.3) is 0 Å². The third kappa shape index (κ3) is 2.10. The molecule has 0 fully saturated rings. The van der Waals surface area contributed by atoms with Crippen LogP contribution in [0.5, 0.6) is 5.75 Å². The lowest BCUT2D eigenvalue weighted by Crippen LogP contribution is -2.02. The van der Waals surface area contributed by atoms with Crippen molar-refractivity contribution in [2.75, 3.05) is 5.73 Å². The summed E-state index contributed by atoms with van der Waals surface area (Å²) in [7, 11) is 0. The number of rotatable bonds is 2. The van der Waals surface area contributed by atoms with Gasteiger partial charge in [-0.05, 0) is 35.9 Å². The lowest BCUT2D eigenvalue weighted by molar-refractivity contribution is 0.0698. The van der Waals surface area contributed by atoms with E-state index in [1.165, 1.54) is 24.3 Å². The smallest absolute Gasteiger partial charge is 0.337 e. The van der Waals surface area contributed by atoms with Crippen molar-refractivity contribution in [2.45, 2.75) is 0 Å². The largest absolute Gasteiger partial charge is 0.507 e. The van der Waals surface area contributed by atoms with Gasteiger partial charge in [-0.25, -0.2) is 9.18 Å². The van der Waals surface area contributed by atoms with Crippen molar-refractivity contribution in [3.8, 4) is 16.9 Å². The average molecular weight is 247 g/mol. The Labute approximate surface area is 102 Å². The van der Waals surface area contributed by atoms with E-state index in [1.54, 1.807) is 0 Å². The zero-order valence-electron chi connectivity index (χ0n) is 9.22. The highest BCUT2D eigenvalue weighted by atomic mass is 19.1. The van der Waals surface area contributed by atoms with Crippen molar-refractivity contribution >= 4 is 11.7 Å². The number of carbonyl (C=O) groups is 1. The Balaban J connectivity index is 2.61. The molecule has 0 amide bonds. The predicted molar refractivity (Wildman–Crippen MR) is 64.9 cm³/mol. The topological polar surface area (TPSA) is 83.5 Å². The van der Waals surface area contributed by atoms with Crippen molar-refractivity contribution in [3.63, 3.8) is 0 Å². The Kier molecular flexibility index (Phi) is 2.89. The van der Waals surface area contributed by atoms with Gasteiger partial charge in [0.15, 0.2) is 0 Å². The number of carboxylic acids is 1. The van der Waals surface area contributed by atoms with E-state index >= 15 is 0 Å². The number of anilines is 1. The van der Waals surface area contributed by atoms with Gasteiger partial charge in [-0.3, -0.25) is 0 Å². The second kappa shape index (κ2) is 4.37. The summed E-state index contributed by atoms with van der Waals surface area (Å²) in [4.78, 5) is 10.9.